The van der Waals surface area contributed by atoms with Gasteiger partial charge in [0.2, 0.25) is 0 Å². The fraction of sp³-hybridized carbons (Fsp3) is 0.750. The van der Waals surface area contributed by atoms with Crippen molar-refractivity contribution in [3.63, 3.8) is 0 Å². The number of hydrogen-bond acceptors (Lipinski definition) is 1. The third kappa shape index (κ3) is 1.55. The Kier molecular flexibility index (Phi) is 2.29. The quantitative estimate of drug-likeness (QED) is 0.491. The highest BCUT2D eigenvalue weighted by Crippen LogP contribution is 2.22. The van der Waals surface area contributed by atoms with E-state index in [0.717, 1.165) is 12.8 Å². The molecule has 1 unspecified atom stereocenters. The van der Waals surface area contributed by atoms with Crippen LogP contribution in [0.15, 0.2) is 11.6 Å². The lowest BCUT2D eigenvalue weighted by Crippen LogP contribution is -2.14. The second kappa shape index (κ2) is 3.02. The van der Waals surface area contributed by atoms with Gasteiger partial charge in [-0.05, 0) is 31.8 Å². The molecule has 1 fully saturated rings. The lowest BCUT2D eigenvalue weighted by Gasteiger charge is -2.19. The van der Waals surface area contributed by atoms with E-state index in [1.54, 1.807) is 0 Å². The van der Waals surface area contributed by atoms with Crippen LogP contribution in [0.3, 0.4) is 0 Å². The molecule has 1 heteroatoms. The second-order valence-electron chi connectivity index (χ2n) is 2.63. The summed E-state index contributed by atoms with van der Waals surface area (Å²) in [6.45, 7) is 2.00. The first-order valence-electron chi connectivity index (χ1n) is 3.67. The minimum atomic E-state index is -0.122. The van der Waals surface area contributed by atoms with Gasteiger partial charge >= 0.3 is 0 Å². The molecule has 0 radical (unpaired) electrons. The van der Waals surface area contributed by atoms with Crippen LogP contribution in [0.25, 0.3) is 0 Å². The lowest BCUT2D eigenvalue weighted by atomic mass is 9.92. The van der Waals surface area contributed by atoms with Crippen LogP contribution in [0.2, 0.25) is 0 Å². The van der Waals surface area contributed by atoms with Crippen LogP contribution in [-0.2, 0) is 0 Å². The maximum atomic E-state index is 9.30. The Labute approximate surface area is 56.4 Å². The van der Waals surface area contributed by atoms with Crippen molar-refractivity contribution in [3.05, 3.63) is 11.6 Å². The highest BCUT2D eigenvalue weighted by atomic mass is 16.3. The van der Waals surface area contributed by atoms with E-state index in [1.807, 2.05) is 13.0 Å². The summed E-state index contributed by atoms with van der Waals surface area (Å²) in [4.78, 5) is 0. The van der Waals surface area contributed by atoms with Crippen LogP contribution in [0.4, 0.5) is 0 Å². The third-order valence-corrected chi connectivity index (χ3v) is 1.99. The molecule has 1 N–H and O–H groups in total. The molecule has 1 rings (SSSR count). The Balaban J connectivity index is 2.49. The van der Waals surface area contributed by atoms with Crippen molar-refractivity contribution < 1.29 is 5.11 Å². The predicted molar refractivity (Wildman–Crippen MR) is 38.2 cm³/mol. The molecule has 0 aromatic carbocycles. The van der Waals surface area contributed by atoms with E-state index in [1.165, 1.54) is 18.4 Å². The van der Waals surface area contributed by atoms with Gasteiger partial charge in [0.15, 0.2) is 0 Å². The summed E-state index contributed by atoms with van der Waals surface area (Å²) in [6.07, 6.45) is 6.46. The smallest absolute Gasteiger partial charge is 0.0750 e. The van der Waals surface area contributed by atoms with Gasteiger partial charge in [-0.2, -0.15) is 0 Å². The fourth-order valence-corrected chi connectivity index (χ4v) is 1.36. The standard InChI is InChI=1S/C8H14O/c1-2-7-5-3-4-6-8(7)9/h2,8-9H,3-6H2,1H3. The van der Waals surface area contributed by atoms with Gasteiger partial charge in [-0.3, -0.25) is 0 Å². The normalized spacial score (nSPS) is 33.1. The van der Waals surface area contributed by atoms with Gasteiger partial charge in [0.05, 0.1) is 6.10 Å². The first-order chi connectivity index (χ1) is 4.34. The van der Waals surface area contributed by atoms with Crippen molar-refractivity contribution in [1.29, 1.82) is 0 Å². The molecule has 0 spiro atoms. The molecule has 9 heavy (non-hydrogen) atoms. The topological polar surface area (TPSA) is 20.2 Å². The molecule has 0 aliphatic heterocycles. The largest absolute Gasteiger partial charge is 0.389 e. The minimum absolute atomic E-state index is 0.122. The maximum Gasteiger partial charge on any atom is 0.0750 e. The van der Waals surface area contributed by atoms with Crippen molar-refractivity contribution in [2.75, 3.05) is 0 Å². The molecule has 0 aromatic rings. The Morgan fingerprint density at radius 1 is 1.56 bits per heavy atom. The molecule has 1 saturated carbocycles. The van der Waals surface area contributed by atoms with Gasteiger partial charge in [0, 0.05) is 0 Å². The minimum Gasteiger partial charge on any atom is -0.389 e. The van der Waals surface area contributed by atoms with Crippen LogP contribution < -0.4 is 0 Å². The van der Waals surface area contributed by atoms with Crippen molar-refractivity contribution >= 4 is 0 Å². The summed E-state index contributed by atoms with van der Waals surface area (Å²) in [5, 5.41) is 9.30. The summed E-state index contributed by atoms with van der Waals surface area (Å²) >= 11 is 0. The van der Waals surface area contributed by atoms with E-state index < -0.39 is 0 Å². The molecular formula is C8H14O. The summed E-state index contributed by atoms with van der Waals surface area (Å²) in [6, 6.07) is 0. The van der Waals surface area contributed by atoms with Crippen molar-refractivity contribution in [1.82, 2.24) is 0 Å². The Morgan fingerprint density at radius 2 is 2.33 bits per heavy atom. The van der Waals surface area contributed by atoms with Crippen molar-refractivity contribution in [2.45, 2.75) is 38.7 Å². The zero-order valence-corrected chi connectivity index (χ0v) is 5.93. The molecule has 0 heterocycles. The summed E-state index contributed by atoms with van der Waals surface area (Å²) in [5.74, 6) is 0. The van der Waals surface area contributed by atoms with E-state index in [-0.39, 0.29) is 6.10 Å². The highest BCUT2D eigenvalue weighted by molar-refractivity contribution is 5.08. The van der Waals surface area contributed by atoms with Gasteiger partial charge in [-0.25, -0.2) is 0 Å². The SMILES string of the molecule is CC=C1CCCCC1O. The average molecular weight is 126 g/mol. The highest BCUT2D eigenvalue weighted by Gasteiger charge is 2.13. The zero-order valence-electron chi connectivity index (χ0n) is 5.93. The van der Waals surface area contributed by atoms with Crippen LogP contribution in [-0.4, -0.2) is 11.2 Å². The number of aliphatic hydroxyl groups excluding tert-OH is 1. The van der Waals surface area contributed by atoms with Crippen LogP contribution >= 0.6 is 0 Å². The van der Waals surface area contributed by atoms with Gasteiger partial charge in [-0.1, -0.05) is 12.5 Å². The van der Waals surface area contributed by atoms with Crippen LogP contribution in [0.5, 0.6) is 0 Å². The lowest BCUT2D eigenvalue weighted by molar-refractivity contribution is 0.178. The van der Waals surface area contributed by atoms with Gasteiger partial charge in [0.1, 0.15) is 0 Å². The second-order valence-corrected chi connectivity index (χ2v) is 2.63. The molecule has 0 amide bonds. The molecule has 1 atom stereocenters. The van der Waals surface area contributed by atoms with E-state index in [0.29, 0.717) is 0 Å². The molecule has 52 valence electrons. The van der Waals surface area contributed by atoms with Crippen molar-refractivity contribution in [2.24, 2.45) is 0 Å². The Hall–Kier alpha value is -0.300. The van der Waals surface area contributed by atoms with Gasteiger partial charge < -0.3 is 5.11 Å². The number of rotatable bonds is 0. The van der Waals surface area contributed by atoms with E-state index in [4.69, 9.17) is 0 Å². The molecular weight excluding hydrogens is 112 g/mol. The third-order valence-electron chi connectivity index (χ3n) is 1.99. The summed E-state index contributed by atoms with van der Waals surface area (Å²) in [5.41, 5.74) is 1.24. The summed E-state index contributed by atoms with van der Waals surface area (Å²) < 4.78 is 0. The molecule has 1 aliphatic rings. The molecule has 1 aliphatic carbocycles. The molecule has 0 aromatic heterocycles. The number of allylic oxidation sites excluding steroid dienone is 1. The van der Waals surface area contributed by atoms with Crippen LogP contribution in [0.1, 0.15) is 32.6 Å². The van der Waals surface area contributed by atoms with Gasteiger partial charge in [0.25, 0.3) is 0 Å². The van der Waals surface area contributed by atoms with E-state index >= 15 is 0 Å². The first-order valence-corrected chi connectivity index (χ1v) is 3.67. The van der Waals surface area contributed by atoms with E-state index in [2.05, 4.69) is 0 Å². The maximum absolute atomic E-state index is 9.30. The van der Waals surface area contributed by atoms with Crippen molar-refractivity contribution in [3.8, 4) is 0 Å². The van der Waals surface area contributed by atoms with E-state index in [9.17, 15) is 5.11 Å². The fourth-order valence-electron chi connectivity index (χ4n) is 1.36. The average Bonchev–Trinajstić information content (AvgIpc) is 1.89. The first kappa shape index (κ1) is 6.81. The molecule has 0 saturated heterocycles. The Morgan fingerprint density at radius 3 is 2.78 bits per heavy atom. The zero-order chi connectivity index (χ0) is 6.69. The summed E-state index contributed by atoms with van der Waals surface area (Å²) in [7, 11) is 0. The molecule has 1 nitrogen and oxygen atoms in total. The Bertz CT molecular complexity index is 116. The van der Waals surface area contributed by atoms with Gasteiger partial charge in [-0.15, -0.1) is 0 Å². The van der Waals surface area contributed by atoms with Crippen LogP contribution in [0, 0.1) is 0 Å². The monoisotopic (exact) mass is 126 g/mol. The number of hydrogen-bond donors (Lipinski definition) is 1. The predicted octanol–water partition coefficient (Wildman–Crippen LogP) is 1.87. The number of aliphatic hydroxyl groups is 1. The molecule has 0 bridgehead atoms.